The Balaban J connectivity index is 2.53. The van der Waals surface area contributed by atoms with Crippen LogP contribution in [0.2, 0.25) is 0 Å². The highest BCUT2D eigenvalue weighted by Crippen LogP contribution is 2.18. The highest BCUT2D eigenvalue weighted by Gasteiger charge is 2.04. The number of aromatic nitrogens is 1. The van der Waals surface area contributed by atoms with E-state index in [-0.39, 0.29) is 0 Å². The minimum absolute atomic E-state index is 0.581. The fourth-order valence-electron chi connectivity index (χ4n) is 1.58. The molecule has 1 aromatic heterocycles. The SMILES string of the molecule is CCCNCc1cnc(C)cc1OCCOCC. The number of nitrogens with one attached hydrogen (secondary N) is 1. The number of ether oxygens (including phenoxy) is 2. The van der Waals surface area contributed by atoms with Gasteiger partial charge in [0.05, 0.1) is 6.61 Å². The van der Waals surface area contributed by atoms with Gasteiger partial charge in [-0.3, -0.25) is 4.98 Å². The Morgan fingerprint density at radius 1 is 1.28 bits per heavy atom. The molecule has 0 atom stereocenters. The summed E-state index contributed by atoms with van der Waals surface area (Å²) in [6, 6.07) is 1.98. The smallest absolute Gasteiger partial charge is 0.127 e. The molecule has 4 nitrogen and oxygen atoms in total. The Labute approximate surface area is 110 Å². The van der Waals surface area contributed by atoms with Gasteiger partial charge >= 0.3 is 0 Å². The Bertz CT molecular complexity index is 343. The van der Waals surface area contributed by atoms with Gasteiger partial charge in [-0.25, -0.2) is 0 Å². The predicted octanol–water partition coefficient (Wildman–Crippen LogP) is 2.30. The molecule has 0 aliphatic rings. The molecular weight excluding hydrogens is 228 g/mol. The van der Waals surface area contributed by atoms with Gasteiger partial charge in [0.2, 0.25) is 0 Å². The monoisotopic (exact) mass is 252 g/mol. The van der Waals surface area contributed by atoms with Crippen LogP contribution in [0.4, 0.5) is 0 Å². The number of aryl methyl sites for hydroxylation is 1. The van der Waals surface area contributed by atoms with Crippen molar-refractivity contribution in [3.05, 3.63) is 23.5 Å². The molecule has 0 saturated carbocycles. The first-order chi connectivity index (χ1) is 8.77. The van der Waals surface area contributed by atoms with E-state index in [1.165, 1.54) is 0 Å². The van der Waals surface area contributed by atoms with Crippen LogP contribution in [0.3, 0.4) is 0 Å². The molecule has 0 unspecified atom stereocenters. The molecule has 102 valence electrons. The number of rotatable bonds is 9. The number of hydrogen-bond acceptors (Lipinski definition) is 4. The first kappa shape index (κ1) is 14.9. The molecule has 0 radical (unpaired) electrons. The van der Waals surface area contributed by atoms with Gasteiger partial charge < -0.3 is 14.8 Å². The first-order valence-electron chi connectivity index (χ1n) is 6.64. The Hall–Kier alpha value is -1.13. The van der Waals surface area contributed by atoms with E-state index in [4.69, 9.17) is 9.47 Å². The maximum Gasteiger partial charge on any atom is 0.127 e. The predicted molar refractivity (Wildman–Crippen MR) is 73.0 cm³/mol. The molecule has 0 aliphatic heterocycles. The zero-order chi connectivity index (χ0) is 13.2. The van der Waals surface area contributed by atoms with Gasteiger partial charge in [-0.2, -0.15) is 0 Å². The summed E-state index contributed by atoms with van der Waals surface area (Å²) in [6.07, 6.45) is 3.01. The van der Waals surface area contributed by atoms with Crippen LogP contribution in [0.25, 0.3) is 0 Å². The molecule has 1 heterocycles. The minimum Gasteiger partial charge on any atom is -0.491 e. The molecule has 4 heteroatoms. The number of pyridine rings is 1. The molecule has 0 fully saturated rings. The quantitative estimate of drug-likeness (QED) is 0.685. The maximum atomic E-state index is 5.75. The third-order valence-electron chi connectivity index (χ3n) is 2.51. The van der Waals surface area contributed by atoms with Crippen LogP contribution in [0, 0.1) is 6.92 Å². The van der Waals surface area contributed by atoms with E-state index < -0.39 is 0 Å². The van der Waals surface area contributed by atoms with Crippen molar-refractivity contribution >= 4 is 0 Å². The minimum atomic E-state index is 0.581. The van der Waals surface area contributed by atoms with Crippen LogP contribution in [-0.4, -0.2) is 31.3 Å². The van der Waals surface area contributed by atoms with Crippen LogP contribution in [0.1, 0.15) is 31.5 Å². The van der Waals surface area contributed by atoms with Crippen molar-refractivity contribution in [2.24, 2.45) is 0 Å². The Morgan fingerprint density at radius 2 is 2.11 bits per heavy atom. The van der Waals surface area contributed by atoms with Gasteiger partial charge in [0, 0.05) is 36.7 Å². The molecule has 0 aromatic carbocycles. The lowest BCUT2D eigenvalue weighted by Crippen LogP contribution is -2.16. The summed E-state index contributed by atoms with van der Waals surface area (Å²) in [5.41, 5.74) is 2.08. The van der Waals surface area contributed by atoms with Crippen LogP contribution in [0.5, 0.6) is 5.75 Å². The summed E-state index contributed by atoms with van der Waals surface area (Å²) in [4.78, 5) is 4.31. The fraction of sp³-hybridized carbons (Fsp3) is 0.643. The van der Waals surface area contributed by atoms with Crippen LogP contribution >= 0.6 is 0 Å². The van der Waals surface area contributed by atoms with Crippen LogP contribution in [0.15, 0.2) is 12.3 Å². The van der Waals surface area contributed by atoms with Gasteiger partial charge in [0.1, 0.15) is 12.4 Å². The second-order valence-electron chi connectivity index (χ2n) is 4.16. The van der Waals surface area contributed by atoms with Crippen molar-refractivity contribution in [3.8, 4) is 5.75 Å². The van der Waals surface area contributed by atoms with Gasteiger partial charge in [0.15, 0.2) is 0 Å². The van der Waals surface area contributed by atoms with E-state index in [1.807, 2.05) is 26.1 Å². The second-order valence-corrected chi connectivity index (χ2v) is 4.16. The Kier molecular flexibility index (Phi) is 7.37. The van der Waals surface area contributed by atoms with Crippen molar-refractivity contribution < 1.29 is 9.47 Å². The number of hydrogen-bond donors (Lipinski definition) is 1. The van der Waals surface area contributed by atoms with Gasteiger partial charge in [-0.15, -0.1) is 0 Å². The third-order valence-corrected chi connectivity index (χ3v) is 2.51. The molecule has 0 amide bonds. The highest BCUT2D eigenvalue weighted by atomic mass is 16.5. The summed E-state index contributed by atoms with van der Waals surface area (Å²) in [5, 5.41) is 3.36. The van der Waals surface area contributed by atoms with E-state index in [2.05, 4.69) is 17.2 Å². The lowest BCUT2D eigenvalue weighted by molar-refractivity contribution is 0.109. The van der Waals surface area contributed by atoms with E-state index in [9.17, 15) is 0 Å². The van der Waals surface area contributed by atoms with Crippen molar-refractivity contribution in [2.75, 3.05) is 26.4 Å². The molecule has 0 saturated heterocycles. The third kappa shape index (κ3) is 5.47. The van der Waals surface area contributed by atoms with Gasteiger partial charge in [0.25, 0.3) is 0 Å². The molecule has 0 spiro atoms. The van der Waals surface area contributed by atoms with Crippen LogP contribution in [-0.2, 0) is 11.3 Å². The number of nitrogens with zero attached hydrogens (tertiary/aromatic N) is 1. The lowest BCUT2D eigenvalue weighted by atomic mass is 10.2. The summed E-state index contributed by atoms with van der Waals surface area (Å²) < 4.78 is 11.0. The topological polar surface area (TPSA) is 43.4 Å². The normalized spacial score (nSPS) is 10.6. The molecule has 0 bridgehead atoms. The van der Waals surface area contributed by atoms with E-state index in [0.717, 1.165) is 43.1 Å². The van der Waals surface area contributed by atoms with Gasteiger partial charge in [-0.05, 0) is 26.8 Å². The molecular formula is C14H24N2O2. The Morgan fingerprint density at radius 3 is 2.83 bits per heavy atom. The van der Waals surface area contributed by atoms with Gasteiger partial charge in [-0.1, -0.05) is 6.92 Å². The average molecular weight is 252 g/mol. The zero-order valence-electron chi connectivity index (χ0n) is 11.7. The summed E-state index contributed by atoms with van der Waals surface area (Å²) in [6.45, 7) is 9.84. The molecule has 18 heavy (non-hydrogen) atoms. The molecule has 1 aromatic rings. The standard InChI is InChI=1S/C14H24N2O2/c1-4-6-15-10-13-11-16-12(3)9-14(13)18-8-7-17-5-2/h9,11,15H,4-8,10H2,1-3H3. The average Bonchev–Trinajstić information content (AvgIpc) is 2.37. The lowest BCUT2D eigenvalue weighted by Gasteiger charge is -2.12. The molecule has 0 aliphatic carbocycles. The summed E-state index contributed by atoms with van der Waals surface area (Å²) in [5.74, 6) is 0.908. The summed E-state index contributed by atoms with van der Waals surface area (Å²) in [7, 11) is 0. The van der Waals surface area contributed by atoms with E-state index >= 15 is 0 Å². The zero-order valence-corrected chi connectivity index (χ0v) is 11.7. The first-order valence-corrected chi connectivity index (χ1v) is 6.64. The van der Waals surface area contributed by atoms with E-state index in [0.29, 0.717) is 13.2 Å². The highest BCUT2D eigenvalue weighted by molar-refractivity contribution is 5.32. The van der Waals surface area contributed by atoms with Crippen molar-refractivity contribution in [2.45, 2.75) is 33.7 Å². The van der Waals surface area contributed by atoms with E-state index in [1.54, 1.807) is 0 Å². The van der Waals surface area contributed by atoms with Crippen molar-refractivity contribution in [3.63, 3.8) is 0 Å². The van der Waals surface area contributed by atoms with Crippen LogP contribution < -0.4 is 10.1 Å². The molecule has 1 N–H and O–H groups in total. The summed E-state index contributed by atoms with van der Waals surface area (Å²) >= 11 is 0. The second kappa shape index (κ2) is 8.89. The fourth-order valence-corrected chi connectivity index (χ4v) is 1.58. The molecule has 1 rings (SSSR count). The maximum absolute atomic E-state index is 5.75. The van der Waals surface area contributed by atoms with Crippen molar-refractivity contribution in [1.82, 2.24) is 10.3 Å². The van der Waals surface area contributed by atoms with Crippen molar-refractivity contribution in [1.29, 1.82) is 0 Å². The largest absolute Gasteiger partial charge is 0.491 e.